The second kappa shape index (κ2) is 10.9. The summed E-state index contributed by atoms with van der Waals surface area (Å²) in [5.74, 6) is -0.831. The lowest BCUT2D eigenvalue weighted by molar-refractivity contribution is -0.132. The molecule has 1 aromatic heterocycles. The van der Waals surface area contributed by atoms with Crippen molar-refractivity contribution < 1.29 is 23.8 Å². The van der Waals surface area contributed by atoms with E-state index < -0.39 is 18.0 Å². The molecule has 0 saturated carbocycles. The standard InChI is InChI=1S/C25H33FN4O4/c1-16-12-30(17(2)15-31)25(33)20-10-18(19-8-6-7-9-21(19)26)11-27-24(20)34-22(16)13-29(5)23(32)14-28(3)4/h6-11,16-17,22,31H,12-15H2,1-5H3/t16-,17+,22-/m0/s1. The van der Waals surface area contributed by atoms with E-state index in [1.54, 1.807) is 52.9 Å². The Hall–Kier alpha value is -3.04. The average Bonchev–Trinajstić information content (AvgIpc) is 2.80. The third-order valence-electron chi connectivity index (χ3n) is 6.04. The van der Waals surface area contributed by atoms with E-state index in [-0.39, 0.29) is 42.3 Å². The molecule has 0 aliphatic carbocycles. The molecule has 8 nitrogen and oxygen atoms in total. The van der Waals surface area contributed by atoms with Gasteiger partial charge in [0.1, 0.15) is 17.5 Å². The number of nitrogens with zero attached hydrogens (tertiary/aromatic N) is 4. The number of fused-ring (bicyclic) bond motifs is 1. The van der Waals surface area contributed by atoms with Gasteiger partial charge in [-0.3, -0.25) is 9.59 Å². The zero-order valence-electron chi connectivity index (χ0n) is 20.4. The summed E-state index contributed by atoms with van der Waals surface area (Å²) in [5.41, 5.74) is 0.974. The number of benzene rings is 1. The van der Waals surface area contributed by atoms with Crippen molar-refractivity contribution in [1.29, 1.82) is 0 Å². The van der Waals surface area contributed by atoms with Crippen molar-refractivity contribution in [2.75, 3.05) is 47.4 Å². The molecule has 2 aromatic rings. The van der Waals surface area contributed by atoms with Crippen molar-refractivity contribution in [2.45, 2.75) is 26.0 Å². The van der Waals surface area contributed by atoms with Crippen LogP contribution in [0.25, 0.3) is 11.1 Å². The lowest BCUT2D eigenvalue weighted by atomic mass is 9.99. The van der Waals surface area contributed by atoms with Gasteiger partial charge in [0, 0.05) is 36.8 Å². The number of ether oxygens (including phenoxy) is 1. The van der Waals surface area contributed by atoms with E-state index in [9.17, 15) is 19.1 Å². The third-order valence-corrected chi connectivity index (χ3v) is 6.04. The first-order valence-corrected chi connectivity index (χ1v) is 11.3. The maximum Gasteiger partial charge on any atom is 0.259 e. The summed E-state index contributed by atoms with van der Waals surface area (Å²) in [6.07, 6.45) is 1.04. The van der Waals surface area contributed by atoms with Crippen LogP contribution < -0.4 is 4.74 Å². The summed E-state index contributed by atoms with van der Waals surface area (Å²) in [7, 11) is 5.37. The van der Waals surface area contributed by atoms with Gasteiger partial charge in [0.15, 0.2) is 0 Å². The molecule has 0 radical (unpaired) electrons. The molecular formula is C25H33FN4O4. The van der Waals surface area contributed by atoms with Gasteiger partial charge in [0.2, 0.25) is 11.8 Å². The van der Waals surface area contributed by atoms with Gasteiger partial charge in [-0.15, -0.1) is 0 Å². The molecule has 1 aromatic carbocycles. The minimum Gasteiger partial charge on any atom is -0.472 e. The van der Waals surface area contributed by atoms with Gasteiger partial charge in [-0.25, -0.2) is 9.37 Å². The summed E-state index contributed by atoms with van der Waals surface area (Å²) in [6, 6.07) is 7.42. The van der Waals surface area contributed by atoms with E-state index in [0.29, 0.717) is 24.2 Å². The fraction of sp³-hybridized carbons (Fsp3) is 0.480. The predicted molar refractivity (Wildman–Crippen MR) is 127 cm³/mol. The number of halogens is 1. The van der Waals surface area contributed by atoms with E-state index in [4.69, 9.17) is 4.74 Å². The molecule has 0 fully saturated rings. The SMILES string of the molecule is C[C@H](CO)N1C[C@H](C)[C@H](CN(C)C(=O)CN(C)C)Oc2ncc(-c3ccccc3F)cc2C1=O. The van der Waals surface area contributed by atoms with Gasteiger partial charge in [-0.05, 0) is 33.2 Å². The van der Waals surface area contributed by atoms with Crippen LogP contribution in [-0.2, 0) is 4.79 Å². The molecule has 3 rings (SSSR count). The van der Waals surface area contributed by atoms with E-state index in [2.05, 4.69) is 4.98 Å². The first kappa shape index (κ1) is 25.6. The molecule has 0 bridgehead atoms. The minimum absolute atomic E-state index is 0.0531. The lowest BCUT2D eigenvalue weighted by Gasteiger charge is -2.37. The van der Waals surface area contributed by atoms with Crippen LogP contribution in [0.4, 0.5) is 4.39 Å². The van der Waals surface area contributed by atoms with Crippen LogP contribution in [0, 0.1) is 11.7 Å². The van der Waals surface area contributed by atoms with Crippen molar-refractivity contribution in [2.24, 2.45) is 5.92 Å². The average molecular weight is 473 g/mol. The molecule has 1 aliphatic heterocycles. The maximum atomic E-state index is 14.4. The summed E-state index contributed by atoms with van der Waals surface area (Å²) >= 11 is 0. The van der Waals surface area contributed by atoms with Crippen LogP contribution >= 0.6 is 0 Å². The number of likely N-dealkylation sites (N-methyl/N-ethyl adjacent to an activating group) is 2. The molecule has 0 saturated heterocycles. The van der Waals surface area contributed by atoms with Crippen molar-refractivity contribution in [1.82, 2.24) is 19.7 Å². The van der Waals surface area contributed by atoms with Gasteiger partial charge < -0.3 is 24.5 Å². The van der Waals surface area contributed by atoms with Crippen LogP contribution in [-0.4, -0.2) is 96.1 Å². The fourth-order valence-corrected chi connectivity index (χ4v) is 3.93. The first-order chi connectivity index (χ1) is 16.1. The third kappa shape index (κ3) is 5.71. The van der Waals surface area contributed by atoms with Gasteiger partial charge in [-0.1, -0.05) is 25.1 Å². The highest BCUT2D eigenvalue weighted by atomic mass is 19.1. The van der Waals surface area contributed by atoms with Crippen LogP contribution in [0.15, 0.2) is 36.5 Å². The minimum atomic E-state index is -0.442. The molecule has 184 valence electrons. The Morgan fingerprint density at radius 1 is 1.29 bits per heavy atom. The molecule has 0 spiro atoms. The Labute approximate surface area is 199 Å². The smallest absolute Gasteiger partial charge is 0.259 e. The number of pyridine rings is 1. The Morgan fingerprint density at radius 3 is 2.65 bits per heavy atom. The predicted octanol–water partition coefficient (Wildman–Crippen LogP) is 2.13. The summed E-state index contributed by atoms with van der Waals surface area (Å²) in [4.78, 5) is 35.4. The van der Waals surface area contributed by atoms with E-state index >= 15 is 0 Å². The highest BCUT2D eigenvalue weighted by molar-refractivity contribution is 5.98. The number of rotatable bonds is 7. The number of hydrogen-bond donors (Lipinski definition) is 1. The van der Waals surface area contributed by atoms with Gasteiger partial charge in [0.05, 0.1) is 25.7 Å². The van der Waals surface area contributed by atoms with Crippen LogP contribution in [0.5, 0.6) is 5.88 Å². The summed E-state index contributed by atoms with van der Waals surface area (Å²) < 4.78 is 20.6. The van der Waals surface area contributed by atoms with Crippen molar-refractivity contribution in [3.63, 3.8) is 0 Å². The van der Waals surface area contributed by atoms with Crippen LogP contribution in [0.3, 0.4) is 0 Å². The first-order valence-electron chi connectivity index (χ1n) is 11.3. The van der Waals surface area contributed by atoms with Crippen molar-refractivity contribution >= 4 is 11.8 Å². The van der Waals surface area contributed by atoms with Crippen molar-refractivity contribution in [3.05, 3.63) is 47.9 Å². The monoisotopic (exact) mass is 472 g/mol. The van der Waals surface area contributed by atoms with Gasteiger partial charge >= 0.3 is 0 Å². The number of hydrogen-bond acceptors (Lipinski definition) is 6. The second-order valence-electron chi connectivity index (χ2n) is 9.19. The van der Waals surface area contributed by atoms with Crippen molar-refractivity contribution in [3.8, 4) is 17.0 Å². The number of aromatic nitrogens is 1. The van der Waals surface area contributed by atoms with Gasteiger partial charge in [-0.2, -0.15) is 0 Å². The second-order valence-corrected chi connectivity index (χ2v) is 9.19. The molecule has 1 N–H and O–H groups in total. The highest BCUT2D eigenvalue weighted by Crippen LogP contribution is 2.31. The largest absolute Gasteiger partial charge is 0.472 e. The quantitative estimate of drug-likeness (QED) is 0.665. The highest BCUT2D eigenvalue weighted by Gasteiger charge is 2.35. The maximum absolute atomic E-state index is 14.4. The number of aliphatic hydroxyl groups is 1. The summed E-state index contributed by atoms with van der Waals surface area (Å²) in [6.45, 7) is 4.40. The molecule has 9 heteroatoms. The topological polar surface area (TPSA) is 86.2 Å². The van der Waals surface area contributed by atoms with E-state index in [0.717, 1.165) is 0 Å². The Bertz CT molecular complexity index is 1030. The van der Waals surface area contributed by atoms with Gasteiger partial charge in [0.25, 0.3) is 5.91 Å². The molecule has 3 atom stereocenters. The zero-order chi connectivity index (χ0) is 25.0. The molecule has 1 aliphatic rings. The fourth-order valence-electron chi connectivity index (χ4n) is 3.93. The molecular weight excluding hydrogens is 439 g/mol. The molecule has 0 unspecified atom stereocenters. The van der Waals surface area contributed by atoms with E-state index in [1.807, 2.05) is 21.0 Å². The normalized spacial score (nSPS) is 19.2. The van der Waals surface area contributed by atoms with Crippen LogP contribution in [0.1, 0.15) is 24.2 Å². The number of amides is 2. The molecule has 34 heavy (non-hydrogen) atoms. The zero-order valence-corrected chi connectivity index (χ0v) is 20.4. The molecule has 2 amide bonds. The molecule has 2 heterocycles. The number of carbonyl (C=O) groups excluding carboxylic acids is 2. The van der Waals surface area contributed by atoms with E-state index in [1.165, 1.54) is 12.3 Å². The Balaban J connectivity index is 2.00. The Kier molecular flexibility index (Phi) is 8.22. The number of carbonyl (C=O) groups is 2. The lowest BCUT2D eigenvalue weighted by Crippen LogP contribution is -2.51. The Morgan fingerprint density at radius 2 is 2.00 bits per heavy atom. The number of aliphatic hydroxyl groups excluding tert-OH is 1. The van der Waals surface area contributed by atoms with Crippen LogP contribution in [0.2, 0.25) is 0 Å². The summed E-state index contributed by atoms with van der Waals surface area (Å²) in [5, 5.41) is 9.79.